The van der Waals surface area contributed by atoms with Crippen LogP contribution in [-0.4, -0.2) is 12.4 Å². The van der Waals surface area contributed by atoms with Gasteiger partial charge in [-0.1, -0.05) is 0 Å². The number of nitrogens with zero attached hydrogens (tertiary/aromatic N) is 1. The Bertz CT molecular complexity index is 913. The Morgan fingerprint density at radius 2 is 2.09 bits per heavy atom. The molecule has 0 saturated heterocycles. The van der Waals surface area contributed by atoms with Crippen LogP contribution < -0.4 is 16.1 Å². The average Bonchev–Trinajstić information content (AvgIpc) is 2.47. The van der Waals surface area contributed by atoms with E-state index in [1.54, 1.807) is 25.1 Å². The summed E-state index contributed by atoms with van der Waals surface area (Å²) in [6.07, 6.45) is 0. The second-order valence-corrected chi connectivity index (χ2v) is 5.20. The van der Waals surface area contributed by atoms with Crippen LogP contribution in [0.1, 0.15) is 18.1 Å². The Kier molecular flexibility index (Phi) is 4.51. The zero-order valence-electron chi connectivity index (χ0n) is 13.1. The van der Waals surface area contributed by atoms with Crippen LogP contribution in [0.5, 0.6) is 5.75 Å². The van der Waals surface area contributed by atoms with Gasteiger partial charge in [0.25, 0.3) is 0 Å². The number of allylic oxidation sites excluding steroid dienone is 1. The van der Waals surface area contributed by atoms with Gasteiger partial charge in [0.05, 0.1) is 0 Å². The summed E-state index contributed by atoms with van der Waals surface area (Å²) in [5, 5.41) is 9.71. The van der Waals surface area contributed by atoms with E-state index in [0.29, 0.717) is 16.9 Å². The molecular formula is C17H16N2O4. The number of fused-ring (bicyclic) bond motifs is 1. The molecule has 2 rings (SSSR count). The topological polar surface area (TPSA) is 106 Å². The highest BCUT2D eigenvalue weighted by Crippen LogP contribution is 2.28. The molecule has 0 aliphatic rings. The summed E-state index contributed by atoms with van der Waals surface area (Å²) in [4.78, 5) is 23.4. The average molecular weight is 312 g/mol. The van der Waals surface area contributed by atoms with Crippen LogP contribution in [0, 0.1) is 25.2 Å². The summed E-state index contributed by atoms with van der Waals surface area (Å²) in [6.45, 7) is 4.71. The van der Waals surface area contributed by atoms with Crippen molar-refractivity contribution >= 4 is 16.8 Å². The second kappa shape index (κ2) is 6.36. The molecule has 1 heterocycles. The molecule has 6 nitrogen and oxygen atoms in total. The standard InChI is InChI=1S/C17H16N2O4/c1-9-6-16(21)23-17-10(2)15(5-4-12(9)17)22-8-14(20)13(7-18)11(3)19/h4-6H,8,19H2,1-3H3/b13-11+. The first-order chi connectivity index (χ1) is 10.8. The molecule has 0 saturated carbocycles. The first-order valence-corrected chi connectivity index (χ1v) is 6.91. The Labute approximate surface area is 132 Å². The van der Waals surface area contributed by atoms with Crippen molar-refractivity contribution in [3.05, 3.63) is 51.0 Å². The molecular weight excluding hydrogens is 296 g/mol. The van der Waals surface area contributed by atoms with Gasteiger partial charge in [0.15, 0.2) is 6.61 Å². The van der Waals surface area contributed by atoms with E-state index in [-0.39, 0.29) is 17.9 Å². The summed E-state index contributed by atoms with van der Waals surface area (Å²) in [5.74, 6) is -0.0933. The summed E-state index contributed by atoms with van der Waals surface area (Å²) >= 11 is 0. The summed E-state index contributed by atoms with van der Waals surface area (Å²) < 4.78 is 10.7. The van der Waals surface area contributed by atoms with E-state index in [1.807, 2.05) is 6.92 Å². The molecule has 0 aliphatic carbocycles. The van der Waals surface area contributed by atoms with Gasteiger partial charge in [0.2, 0.25) is 5.78 Å². The highest BCUT2D eigenvalue weighted by atomic mass is 16.5. The maximum atomic E-state index is 11.9. The number of carbonyl (C=O) groups excluding carboxylic acids is 1. The Morgan fingerprint density at radius 1 is 1.39 bits per heavy atom. The molecule has 2 aromatic rings. The van der Waals surface area contributed by atoms with E-state index < -0.39 is 11.4 Å². The fourth-order valence-electron chi connectivity index (χ4n) is 2.24. The zero-order valence-corrected chi connectivity index (χ0v) is 13.1. The number of Topliss-reactive ketones (excluding diaryl/α,β-unsaturated/α-hetero) is 1. The number of benzene rings is 1. The number of nitrogens with two attached hydrogens (primary N) is 1. The van der Waals surface area contributed by atoms with Crippen molar-refractivity contribution < 1.29 is 13.9 Å². The second-order valence-electron chi connectivity index (χ2n) is 5.20. The van der Waals surface area contributed by atoms with Crippen molar-refractivity contribution in [2.45, 2.75) is 20.8 Å². The predicted molar refractivity (Wildman–Crippen MR) is 85.0 cm³/mol. The molecule has 23 heavy (non-hydrogen) atoms. The van der Waals surface area contributed by atoms with Crippen LogP contribution in [0.25, 0.3) is 11.0 Å². The number of nitriles is 1. The van der Waals surface area contributed by atoms with Crippen LogP contribution in [0.3, 0.4) is 0 Å². The predicted octanol–water partition coefficient (Wildman–Crippen LogP) is 2.11. The summed E-state index contributed by atoms with van der Waals surface area (Å²) in [5.41, 5.74) is 6.91. The third-order valence-electron chi connectivity index (χ3n) is 3.46. The normalized spacial score (nSPS) is 11.7. The van der Waals surface area contributed by atoms with Gasteiger partial charge < -0.3 is 14.9 Å². The van der Waals surface area contributed by atoms with Crippen molar-refractivity contribution in [3.63, 3.8) is 0 Å². The highest BCUT2D eigenvalue weighted by molar-refractivity contribution is 6.00. The van der Waals surface area contributed by atoms with Crippen molar-refractivity contribution in [1.82, 2.24) is 0 Å². The molecule has 0 bridgehead atoms. The smallest absolute Gasteiger partial charge is 0.336 e. The fourth-order valence-corrected chi connectivity index (χ4v) is 2.24. The lowest BCUT2D eigenvalue weighted by Crippen LogP contribution is -2.16. The van der Waals surface area contributed by atoms with Crippen LogP contribution in [0.2, 0.25) is 0 Å². The van der Waals surface area contributed by atoms with E-state index in [2.05, 4.69) is 0 Å². The van der Waals surface area contributed by atoms with Crippen molar-refractivity contribution in [1.29, 1.82) is 5.26 Å². The Balaban J connectivity index is 2.34. The number of ketones is 1. The maximum absolute atomic E-state index is 11.9. The molecule has 0 atom stereocenters. The van der Waals surface area contributed by atoms with Crippen molar-refractivity contribution in [2.75, 3.05) is 6.61 Å². The minimum Gasteiger partial charge on any atom is -0.485 e. The van der Waals surface area contributed by atoms with E-state index in [0.717, 1.165) is 10.9 Å². The Hall–Kier alpha value is -3.07. The molecule has 118 valence electrons. The molecule has 0 fully saturated rings. The molecule has 0 amide bonds. The lowest BCUT2D eigenvalue weighted by Gasteiger charge is -2.11. The monoisotopic (exact) mass is 312 g/mol. The van der Waals surface area contributed by atoms with Gasteiger partial charge >= 0.3 is 5.63 Å². The van der Waals surface area contributed by atoms with Gasteiger partial charge in [0, 0.05) is 22.7 Å². The van der Waals surface area contributed by atoms with Crippen LogP contribution >= 0.6 is 0 Å². The fraction of sp³-hybridized carbons (Fsp3) is 0.235. The van der Waals surface area contributed by atoms with Gasteiger partial charge in [-0.25, -0.2) is 4.79 Å². The van der Waals surface area contributed by atoms with E-state index in [1.165, 1.54) is 13.0 Å². The minimum absolute atomic E-state index is 0.120. The van der Waals surface area contributed by atoms with E-state index in [9.17, 15) is 9.59 Å². The number of hydrogen-bond acceptors (Lipinski definition) is 6. The van der Waals surface area contributed by atoms with E-state index >= 15 is 0 Å². The Morgan fingerprint density at radius 3 is 2.70 bits per heavy atom. The number of rotatable bonds is 4. The highest BCUT2D eigenvalue weighted by Gasteiger charge is 2.15. The maximum Gasteiger partial charge on any atom is 0.336 e. The zero-order chi connectivity index (χ0) is 17.1. The number of hydrogen-bond donors (Lipinski definition) is 1. The first-order valence-electron chi connectivity index (χ1n) is 6.91. The molecule has 1 aromatic heterocycles. The van der Waals surface area contributed by atoms with Gasteiger partial charge in [0.1, 0.15) is 23.0 Å². The first kappa shape index (κ1) is 16.3. The van der Waals surface area contributed by atoms with Gasteiger partial charge in [-0.15, -0.1) is 0 Å². The summed E-state index contributed by atoms with van der Waals surface area (Å²) in [6, 6.07) is 6.64. The number of aryl methyl sites for hydroxylation is 2. The summed E-state index contributed by atoms with van der Waals surface area (Å²) in [7, 11) is 0. The molecule has 6 heteroatoms. The third kappa shape index (κ3) is 3.24. The lowest BCUT2D eigenvalue weighted by atomic mass is 10.1. The molecule has 1 aromatic carbocycles. The van der Waals surface area contributed by atoms with Gasteiger partial charge in [-0.05, 0) is 38.5 Å². The SMILES string of the molecule is C/C(N)=C(/C#N)C(=O)COc1ccc2c(C)cc(=O)oc2c1C. The number of ether oxygens (including phenoxy) is 1. The number of carbonyl (C=O) groups is 1. The van der Waals surface area contributed by atoms with Crippen molar-refractivity contribution in [3.8, 4) is 11.8 Å². The quantitative estimate of drug-likeness (QED) is 0.526. The van der Waals surface area contributed by atoms with Crippen molar-refractivity contribution in [2.24, 2.45) is 5.73 Å². The van der Waals surface area contributed by atoms with E-state index in [4.69, 9.17) is 20.1 Å². The van der Waals surface area contributed by atoms with Gasteiger partial charge in [-0.2, -0.15) is 5.26 Å². The van der Waals surface area contributed by atoms with Crippen LogP contribution in [0.15, 0.2) is 38.7 Å². The molecule has 0 radical (unpaired) electrons. The minimum atomic E-state index is -0.502. The molecule has 0 spiro atoms. The van der Waals surface area contributed by atoms with Crippen LogP contribution in [0.4, 0.5) is 0 Å². The molecule has 0 aliphatic heterocycles. The van der Waals surface area contributed by atoms with Crippen LogP contribution in [-0.2, 0) is 4.79 Å². The third-order valence-corrected chi connectivity index (χ3v) is 3.46. The molecule has 0 unspecified atom stereocenters. The largest absolute Gasteiger partial charge is 0.485 e. The van der Waals surface area contributed by atoms with Gasteiger partial charge in [-0.3, -0.25) is 4.79 Å². The lowest BCUT2D eigenvalue weighted by molar-refractivity contribution is -0.117. The molecule has 2 N–H and O–H groups in total.